The lowest BCUT2D eigenvalue weighted by Gasteiger charge is -2.30. The quantitative estimate of drug-likeness (QED) is 0.721. The Labute approximate surface area is 161 Å². The number of nitrogens with zero attached hydrogens (tertiary/aromatic N) is 1. The zero-order chi connectivity index (χ0) is 18.6. The molecule has 134 valence electrons. The van der Waals surface area contributed by atoms with Crippen LogP contribution in [0.25, 0.3) is 0 Å². The van der Waals surface area contributed by atoms with E-state index in [4.69, 9.17) is 11.6 Å². The third-order valence-electron chi connectivity index (χ3n) is 3.50. The Morgan fingerprint density at radius 3 is 2.40 bits per heavy atom. The van der Waals surface area contributed by atoms with Crippen LogP contribution in [0.15, 0.2) is 53.0 Å². The Balaban J connectivity index is 2.36. The van der Waals surface area contributed by atoms with E-state index in [0.29, 0.717) is 22.8 Å². The van der Waals surface area contributed by atoms with E-state index in [0.717, 1.165) is 15.0 Å². The molecule has 0 spiro atoms. The van der Waals surface area contributed by atoms with Crippen LogP contribution in [0.2, 0.25) is 5.02 Å². The van der Waals surface area contributed by atoms with Gasteiger partial charge in [-0.2, -0.15) is 0 Å². The highest BCUT2D eigenvalue weighted by Gasteiger charge is 2.31. The van der Waals surface area contributed by atoms with Crippen molar-refractivity contribution in [2.24, 2.45) is 0 Å². The molecule has 0 saturated carbocycles. The van der Waals surface area contributed by atoms with Gasteiger partial charge in [-0.25, -0.2) is 8.42 Å². The minimum Gasteiger partial charge on any atom is -0.324 e. The first-order valence-corrected chi connectivity index (χ1v) is 10.6. The van der Waals surface area contributed by atoms with E-state index >= 15 is 0 Å². The molecule has 0 bridgehead atoms. The van der Waals surface area contributed by atoms with E-state index in [1.54, 1.807) is 49.4 Å². The number of benzene rings is 2. The van der Waals surface area contributed by atoms with Crippen LogP contribution in [0.1, 0.15) is 13.3 Å². The molecule has 0 aromatic heterocycles. The second-order valence-electron chi connectivity index (χ2n) is 5.46. The lowest BCUT2D eigenvalue weighted by molar-refractivity contribution is -0.117. The Hall–Kier alpha value is -1.57. The van der Waals surface area contributed by atoms with Crippen LogP contribution in [0.4, 0.5) is 11.4 Å². The summed E-state index contributed by atoms with van der Waals surface area (Å²) < 4.78 is 26.7. The monoisotopic (exact) mass is 444 g/mol. The Morgan fingerprint density at radius 1 is 1.24 bits per heavy atom. The molecule has 1 N–H and O–H groups in total. The van der Waals surface area contributed by atoms with Crippen molar-refractivity contribution in [1.82, 2.24) is 0 Å². The zero-order valence-corrected chi connectivity index (χ0v) is 16.9. The van der Waals surface area contributed by atoms with Crippen LogP contribution in [-0.2, 0) is 14.8 Å². The fourth-order valence-corrected chi connectivity index (χ4v) is 4.08. The van der Waals surface area contributed by atoms with Crippen LogP contribution < -0.4 is 9.62 Å². The van der Waals surface area contributed by atoms with Crippen LogP contribution in [0.3, 0.4) is 0 Å². The first-order valence-electron chi connectivity index (χ1n) is 7.53. The molecule has 0 aliphatic carbocycles. The maximum Gasteiger partial charge on any atom is 0.248 e. The summed E-state index contributed by atoms with van der Waals surface area (Å²) in [6.45, 7) is 1.76. The van der Waals surface area contributed by atoms with Gasteiger partial charge in [-0.15, -0.1) is 0 Å². The van der Waals surface area contributed by atoms with E-state index in [1.807, 2.05) is 0 Å². The molecule has 25 heavy (non-hydrogen) atoms. The summed E-state index contributed by atoms with van der Waals surface area (Å²) in [6, 6.07) is 12.6. The smallest absolute Gasteiger partial charge is 0.248 e. The highest BCUT2D eigenvalue weighted by atomic mass is 79.9. The van der Waals surface area contributed by atoms with Gasteiger partial charge in [0.15, 0.2) is 0 Å². The van der Waals surface area contributed by atoms with E-state index < -0.39 is 22.0 Å². The number of carbonyl (C=O) groups is 1. The van der Waals surface area contributed by atoms with Gasteiger partial charge in [0.1, 0.15) is 6.04 Å². The summed E-state index contributed by atoms with van der Waals surface area (Å²) in [7, 11) is -3.68. The van der Waals surface area contributed by atoms with Crippen molar-refractivity contribution in [2.45, 2.75) is 19.4 Å². The van der Waals surface area contributed by atoms with E-state index in [-0.39, 0.29) is 0 Å². The predicted octanol–water partition coefficient (Wildman–Crippen LogP) is 4.29. The highest BCUT2D eigenvalue weighted by molar-refractivity contribution is 9.10. The van der Waals surface area contributed by atoms with Crippen molar-refractivity contribution >= 4 is 54.8 Å². The van der Waals surface area contributed by atoms with Gasteiger partial charge >= 0.3 is 0 Å². The summed E-state index contributed by atoms with van der Waals surface area (Å²) in [5, 5.41) is 3.16. The third-order valence-corrected chi connectivity index (χ3v) is 5.45. The number of hydrogen-bond donors (Lipinski definition) is 1. The molecular formula is C17H18BrClN2O3S. The summed E-state index contributed by atoms with van der Waals surface area (Å²) in [5.74, 6) is -0.407. The van der Waals surface area contributed by atoms with Gasteiger partial charge in [0.05, 0.1) is 11.9 Å². The van der Waals surface area contributed by atoms with Gasteiger partial charge in [0, 0.05) is 15.2 Å². The third kappa shape index (κ3) is 5.20. The molecule has 0 radical (unpaired) electrons. The Kier molecular flexibility index (Phi) is 6.48. The van der Waals surface area contributed by atoms with Crippen molar-refractivity contribution < 1.29 is 13.2 Å². The van der Waals surface area contributed by atoms with Gasteiger partial charge in [-0.1, -0.05) is 40.5 Å². The molecule has 1 atom stereocenters. The maximum absolute atomic E-state index is 12.7. The van der Waals surface area contributed by atoms with E-state index in [2.05, 4.69) is 21.2 Å². The largest absolute Gasteiger partial charge is 0.324 e. The van der Waals surface area contributed by atoms with Crippen molar-refractivity contribution in [1.29, 1.82) is 0 Å². The first-order chi connectivity index (χ1) is 11.7. The number of nitrogens with one attached hydrogen (secondary N) is 1. The molecule has 0 aliphatic rings. The van der Waals surface area contributed by atoms with Gasteiger partial charge < -0.3 is 5.32 Å². The van der Waals surface area contributed by atoms with Gasteiger partial charge in [0.25, 0.3) is 0 Å². The second-order valence-corrected chi connectivity index (χ2v) is 8.67. The molecule has 0 fully saturated rings. The van der Waals surface area contributed by atoms with Crippen LogP contribution in [0.5, 0.6) is 0 Å². The lowest BCUT2D eigenvalue weighted by Crippen LogP contribution is -2.47. The lowest BCUT2D eigenvalue weighted by atomic mass is 10.2. The minimum atomic E-state index is -3.68. The molecule has 0 heterocycles. The number of amides is 1. The second kappa shape index (κ2) is 8.21. The topological polar surface area (TPSA) is 66.5 Å². The standard InChI is InChI=1S/C17H18BrClN2O3S/c1-3-16(17(22)20-14-9-7-12(18)8-10-14)21(25(2,23)24)15-6-4-5-13(19)11-15/h4-11,16H,3H2,1-2H3,(H,20,22)/t16-/m0/s1. The van der Waals surface area contributed by atoms with Gasteiger partial charge in [0.2, 0.25) is 15.9 Å². The normalized spacial score (nSPS) is 12.5. The number of anilines is 2. The van der Waals surface area contributed by atoms with Gasteiger partial charge in [-0.3, -0.25) is 9.10 Å². The zero-order valence-electron chi connectivity index (χ0n) is 13.7. The molecule has 0 aliphatic heterocycles. The van der Waals surface area contributed by atoms with Crippen LogP contribution in [-0.4, -0.2) is 26.6 Å². The summed E-state index contributed by atoms with van der Waals surface area (Å²) in [4.78, 5) is 12.7. The first kappa shape index (κ1) is 19.8. The molecule has 8 heteroatoms. The van der Waals surface area contributed by atoms with E-state index in [9.17, 15) is 13.2 Å². The Bertz CT molecular complexity index is 856. The fraction of sp³-hybridized carbons (Fsp3) is 0.235. The molecular weight excluding hydrogens is 428 g/mol. The molecule has 1 amide bonds. The number of hydrogen-bond acceptors (Lipinski definition) is 3. The van der Waals surface area contributed by atoms with Crippen molar-refractivity contribution in [3.63, 3.8) is 0 Å². The average Bonchev–Trinajstić information content (AvgIpc) is 2.53. The molecule has 0 saturated heterocycles. The van der Waals surface area contributed by atoms with Crippen molar-refractivity contribution in [3.8, 4) is 0 Å². The van der Waals surface area contributed by atoms with E-state index in [1.165, 1.54) is 6.07 Å². The summed E-state index contributed by atoms with van der Waals surface area (Å²) in [6.07, 6.45) is 1.38. The predicted molar refractivity (Wildman–Crippen MR) is 106 cm³/mol. The number of carbonyl (C=O) groups excluding carboxylic acids is 1. The maximum atomic E-state index is 12.7. The summed E-state index contributed by atoms with van der Waals surface area (Å²) >= 11 is 9.31. The molecule has 5 nitrogen and oxygen atoms in total. The van der Waals surface area contributed by atoms with Crippen molar-refractivity contribution in [2.75, 3.05) is 15.9 Å². The molecule has 2 rings (SSSR count). The number of halogens is 2. The van der Waals surface area contributed by atoms with Gasteiger partial charge in [-0.05, 0) is 48.9 Å². The van der Waals surface area contributed by atoms with Crippen LogP contribution >= 0.6 is 27.5 Å². The minimum absolute atomic E-state index is 0.307. The highest BCUT2D eigenvalue weighted by Crippen LogP contribution is 2.26. The summed E-state index contributed by atoms with van der Waals surface area (Å²) in [5.41, 5.74) is 0.944. The Morgan fingerprint density at radius 2 is 1.88 bits per heavy atom. The molecule has 0 unspecified atom stereocenters. The average molecular weight is 446 g/mol. The molecule has 2 aromatic rings. The van der Waals surface area contributed by atoms with Crippen molar-refractivity contribution in [3.05, 3.63) is 58.0 Å². The molecule has 2 aromatic carbocycles. The van der Waals surface area contributed by atoms with Crippen LogP contribution in [0, 0.1) is 0 Å². The number of sulfonamides is 1. The SMILES string of the molecule is CC[C@@H](C(=O)Nc1ccc(Br)cc1)N(c1cccc(Cl)c1)S(C)(=O)=O. The fourth-order valence-electron chi connectivity index (χ4n) is 2.43. The number of rotatable bonds is 6.